The second-order valence-corrected chi connectivity index (χ2v) is 10.2. The number of benzene rings is 1. The summed E-state index contributed by atoms with van der Waals surface area (Å²) in [5.41, 5.74) is 1.45. The van der Waals surface area contributed by atoms with Gasteiger partial charge in [0, 0.05) is 37.3 Å². The zero-order valence-electron chi connectivity index (χ0n) is 21.9. The third kappa shape index (κ3) is 7.23. The monoisotopic (exact) mass is 509 g/mol. The highest BCUT2D eigenvalue weighted by molar-refractivity contribution is 5.88. The van der Waals surface area contributed by atoms with Crippen molar-refractivity contribution in [2.75, 3.05) is 39.4 Å². The quantitative estimate of drug-likeness (QED) is 0.466. The molecule has 3 heterocycles. The Morgan fingerprint density at radius 2 is 1.86 bits per heavy atom. The van der Waals surface area contributed by atoms with Gasteiger partial charge in [0.2, 0.25) is 11.7 Å². The molecule has 1 aromatic carbocycles. The minimum Gasteiger partial charge on any atom is -0.467 e. The van der Waals surface area contributed by atoms with Gasteiger partial charge in [-0.2, -0.15) is 4.80 Å². The number of carbonyl (C=O) groups excluding carboxylic acids is 2. The van der Waals surface area contributed by atoms with Crippen molar-refractivity contribution < 1.29 is 18.7 Å². The smallest absolute Gasteiger partial charge is 0.251 e. The van der Waals surface area contributed by atoms with E-state index >= 15 is 0 Å². The number of nitrogens with one attached hydrogen (secondary N) is 1. The van der Waals surface area contributed by atoms with Crippen LogP contribution in [0.15, 0.2) is 47.1 Å². The first-order valence-corrected chi connectivity index (χ1v) is 12.5. The van der Waals surface area contributed by atoms with Crippen LogP contribution in [-0.4, -0.2) is 86.8 Å². The van der Waals surface area contributed by atoms with Crippen molar-refractivity contribution in [1.82, 2.24) is 35.3 Å². The molecule has 1 atom stereocenters. The molecule has 0 unspecified atom stereocenters. The Balaban J connectivity index is 1.58. The first-order valence-electron chi connectivity index (χ1n) is 12.5. The van der Waals surface area contributed by atoms with E-state index in [9.17, 15) is 9.59 Å². The van der Waals surface area contributed by atoms with Crippen molar-refractivity contribution in [3.05, 3.63) is 54.0 Å². The number of furan rings is 1. The number of morpholine rings is 1. The summed E-state index contributed by atoms with van der Waals surface area (Å²) in [5, 5.41) is 15.6. The summed E-state index contributed by atoms with van der Waals surface area (Å²) >= 11 is 0. The van der Waals surface area contributed by atoms with Crippen LogP contribution in [0.1, 0.15) is 38.1 Å². The van der Waals surface area contributed by atoms with Crippen LogP contribution >= 0.6 is 0 Å². The van der Waals surface area contributed by atoms with Crippen LogP contribution in [0.2, 0.25) is 0 Å². The van der Waals surface area contributed by atoms with Gasteiger partial charge in [-0.25, -0.2) is 0 Å². The normalized spacial score (nSPS) is 15.4. The first kappa shape index (κ1) is 26.5. The molecular formula is C26H35N7O4. The Morgan fingerprint density at radius 3 is 2.51 bits per heavy atom. The molecule has 0 spiro atoms. The molecule has 0 radical (unpaired) electrons. The van der Waals surface area contributed by atoms with Crippen LogP contribution in [0.25, 0.3) is 11.4 Å². The van der Waals surface area contributed by atoms with Crippen molar-refractivity contribution in [3.63, 3.8) is 0 Å². The Bertz CT molecular complexity index is 1160. The molecule has 3 aromatic rings. The lowest BCUT2D eigenvalue weighted by Gasteiger charge is -2.34. The van der Waals surface area contributed by atoms with E-state index in [0.717, 1.165) is 24.2 Å². The van der Waals surface area contributed by atoms with Gasteiger partial charge >= 0.3 is 0 Å². The topological polar surface area (TPSA) is 119 Å². The average molecular weight is 510 g/mol. The number of carbonyl (C=O) groups is 2. The molecule has 1 aliphatic rings. The minimum absolute atomic E-state index is 0.165. The predicted molar refractivity (Wildman–Crippen MR) is 136 cm³/mol. The lowest BCUT2D eigenvalue weighted by Crippen LogP contribution is -2.52. The van der Waals surface area contributed by atoms with E-state index in [0.29, 0.717) is 37.9 Å². The van der Waals surface area contributed by atoms with Gasteiger partial charge in [0.15, 0.2) is 6.04 Å². The fraction of sp³-hybridized carbons (Fsp3) is 0.500. The average Bonchev–Trinajstić information content (AvgIpc) is 3.54. The van der Waals surface area contributed by atoms with E-state index in [1.165, 1.54) is 11.1 Å². The molecular weight excluding hydrogens is 474 g/mol. The third-order valence-corrected chi connectivity index (χ3v) is 5.99. The maximum absolute atomic E-state index is 13.7. The first-order chi connectivity index (χ1) is 17.7. The van der Waals surface area contributed by atoms with Crippen molar-refractivity contribution in [3.8, 4) is 11.4 Å². The lowest BCUT2D eigenvalue weighted by molar-refractivity contribution is -0.143. The standard InChI is InChI=1S/C26H35N7O4/c1-19-7-9-20(10-8-19)24-28-30-33(29-24)18-22(34)32(12-11-31-13-16-36-17-14-31)23(21-6-5-15-37-21)25(35)27-26(2,3)4/h5-10,15,23H,11-14,16-18H2,1-4H3,(H,27,35)/t23-/m1/s1. The van der Waals surface area contributed by atoms with Gasteiger partial charge in [-0.15, -0.1) is 10.2 Å². The summed E-state index contributed by atoms with van der Waals surface area (Å²) in [5.74, 6) is 0.195. The molecule has 1 aliphatic heterocycles. The Kier molecular flexibility index (Phi) is 8.34. The fourth-order valence-electron chi connectivity index (χ4n) is 4.12. The SMILES string of the molecule is Cc1ccc(-c2nnn(CC(=O)N(CCN3CCOCC3)[C@@H](C(=O)NC(C)(C)C)c3ccco3)n2)cc1. The van der Waals surface area contributed by atoms with Gasteiger partial charge in [-0.05, 0) is 45.0 Å². The molecule has 1 saturated heterocycles. The van der Waals surface area contributed by atoms with E-state index < -0.39 is 11.6 Å². The van der Waals surface area contributed by atoms with Crippen LogP contribution < -0.4 is 5.32 Å². The fourth-order valence-corrected chi connectivity index (χ4v) is 4.12. The largest absolute Gasteiger partial charge is 0.467 e. The van der Waals surface area contributed by atoms with Crippen LogP contribution in [-0.2, 0) is 20.9 Å². The molecule has 1 N–H and O–H groups in total. The summed E-state index contributed by atoms with van der Waals surface area (Å²) in [6.45, 7) is 11.3. The van der Waals surface area contributed by atoms with Crippen molar-refractivity contribution in [2.24, 2.45) is 0 Å². The molecule has 0 saturated carbocycles. The maximum atomic E-state index is 13.7. The minimum atomic E-state index is -0.942. The van der Waals surface area contributed by atoms with E-state index in [1.807, 2.05) is 52.0 Å². The number of ether oxygens (including phenoxy) is 1. The Labute approximate surface area is 216 Å². The van der Waals surface area contributed by atoms with Gasteiger partial charge in [0.25, 0.3) is 5.91 Å². The summed E-state index contributed by atoms with van der Waals surface area (Å²) in [4.78, 5) is 32.2. The van der Waals surface area contributed by atoms with Crippen molar-refractivity contribution in [2.45, 2.75) is 45.8 Å². The molecule has 1 fully saturated rings. The summed E-state index contributed by atoms with van der Waals surface area (Å²) < 4.78 is 11.1. The molecule has 11 heteroatoms. The van der Waals surface area contributed by atoms with Crippen molar-refractivity contribution in [1.29, 1.82) is 0 Å². The van der Waals surface area contributed by atoms with Crippen LogP contribution in [0.4, 0.5) is 0 Å². The molecule has 37 heavy (non-hydrogen) atoms. The summed E-state index contributed by atoms with van der Waals surface area (Å²) in [6, 6.07) is 10.2. The molecule has 2 aromatic heterocycles. The number of tetrazole rings is 1. The Morgan fingerprint density at radius 1 is 1.14 bits per heavy atom. The summed E-state index contributed by atoms with van der Waals surface area (Å²) in [7, 11) is 0. The molecule has 2 amide bonds. The highest BCUT2D eigenvalue weighted by Gasteiger charge is 2.35. The maximum Gasteiger partial charge on any atom is 0.251 e. The molecule has 11 nitrogen and oxygen atoms in total. The predicted octanol–water partition coefficient (Wildman–Crippen LogP) is 2.06. The van der Waals surface area contributed by atoms with Crippen LogP contribution in [0.3, 0.4) is 0 Å². The zero-order chi connectivity index (χ0) is 26.4. The summed E-state index contributed by atoms with van der Waals surface area (Å²) in [6.07, 6.45) is 1.50. The number of nitrogens with zero attached hydrogens (tertiary/aromatic N) is 6. The Hall–Kier alpha value is -3.57. The number of rotatable bonds is 9. The molecule has 0 bridgehead atoms. The molecule has 4 rings (SSSR count). The lowest BCUT2D eigenvalue weighted by atomic mass is 10.1. The van der Waals surface area contributed by atoms with Gasteiger partial charge in [0.1, 0.15) is 12.3 Å². The van der Waals surface area contributed by atoms with Crippen molar-refractivity contribution >= 4 is 11.8 Å². The van der Waals surface area contributed by atoms with Crippen LogP contribution in [0, 0.1) is 6.92 Å². The second-order valence-electron chi connectivity index (χ2n) is 10.2. The van der Waals surface area contributed by atoms with Gasteiger partial charge in [-0.1, -0.05) is 29.8 Å². The number of hydrogen-bond donors (Lipinski definition) is 1. The van der Waals surface area contributed by atoms with Crippen LogP contribution in [0.5, 0.6) is 0 Å². The highest BCUT2D eigenvalue weighted by atomic mass is 16.5. The second kappa shape index (κ2) is 11.7. The van der Waals surface area contributed by atoms with Gasteiger partial charge in [0.05, 0.1) is 19.5 Å². The molecule has 198 valence electrons. The van der Waals surface area contributed by atoms with E-state index in [1.54, 1.807) is 17.0 Å². The number of aromatic nitrogens is 4. The third-order valence-electron chi connectivity index (χ3n) is 5.99. The van der Waals surface area contributed by atoms with E-state index in [-0.39, 0.29) is 18.4 Å². The van der Waals surface area contributed by atoms with E-state index in [4.69, 9.17) is 9.15 Å². The van der Waals surface area contributed by atoms with Gasteiger partial charge < -0.3 is 19.4 Å². The number of hydrogen-bond acceptors (Lipinski definition) is 8. The van der Waals surface area contributed by atoms with E-state index in [2.05, 4.69) is 25.6 Å². The number of aryl methyl sites for hydroxylation is 1. The van der Waals surface area contributed by atoms with Gasteiger partial charge in [-0.3, -0.25) is 14.5 Å². The highest BCUT2D eigenvalue weighted by Crippen LogP contribution is 2.24. The molecule has 0 aliphatic carbocycles. The number of amides is 2. The zero-order valence-corrected chi connectivity index (χ0v) is 21.9.